The van der Waals surface area contributed by atoms with Gasteiger partial charge in [-0.1, -0.05) is 79.8 Å². The Hall–Kier alpha value is -1.64. The lowest BCUT2D eigenvalue weighted by molar-refractivity contribution is 0.190. The van der Waals surface area contributed by atoms with Gasteiger partial charge < -0.3 is 10.2 Å². The lowest BCUT2D eigenvalue weighted by atomic mass is 10.2. The van der Waals surface area contributed by atoms with Gasteiger partial charge in [0.1, 0.15) is 0 Å². The van der Waals surface area contributed by atoms with Crippen molar-refractivity contribution in [3.05, 3.63) is 72.9 Å². The highest BCUT2D eigenvalue weighted by atomic mass is 16.3. The average Bonchev–Trinajstić information content (AvgIpc) is 2.59. The summed E-state index contributed by atoms with van der Waals surface area (Å²) in [5, 5.41) is 18.2. The van der Waals surface area contributed by atoms with Crippen LogP contribution >= 0.6 is 0 Å². The van der Waals surface area contributed by atoms with Crippen molar-refractivity contribution in [2.75, 3.05) is 6.61 Å². The van der Waals surface area contributed by atoms with E-state index in [1.165, 1.54) is 0 Å². The third kappa shape index (κ3) is 18.4. The fourth-order valence-corrected chi connectivity index (χ4v) is 1.90. The molecule has 0 fully saturated rings. The monoisotopic (exact) mass is 330 g/mol. The first-order chi connectivity index (χ1) is 11.8. The van der Waals surface area contributed by atoms with Crippen LogP contribution in [0.4, 0.5) is 0 Å². The minimum absolute atomic E-state index is 0.132. The van der Waals surface area contributed by atoms with Gasteiger partial charge in [-0.2, -0.15) is 0 Å². The molecule has 0 saturated heterocycles. The van der Waals surface area contributed by atoms with E-state index in [0.29, 0.717) is 12.8 Å². The summed E-state index contributed by atoms with van der Waals surface area (Å²) in [7, 11) is 0. The molecule has 0 aromatic carbocycles. The van der Waals surface area contributed by atoms with Crippen molar-refractivity contribution in [2.24, 2.45) is 0 Å². The van der Waals surface area contributed by atoms with E-state index in [2.05, 4.69) is 61.6 Å². The number of hydrogen-bond acceptors (Lipinski definition) is 2. The predicted molar refractivity (Wildman–Crippen MR) is 106 cm³/mol. The summed E-state index contributed by atoms with van der Waals surface area (Å²) in [6.07, 6.45) is 30.9. The van der Waals surface area contributed by atoms with E-state index in [0.717, 1.165) is 32.1 Å². The molecule has 0 aromatic rings. The van der Waals surface area contributed by atoms with Crippen LogP contribution in [-0.4, -0.2) is 22.9 Å². The lowest BCUT2D eigenvalue weighted by Crippen LogP contribution is -2.02. The number of rotatable bonds is 14. The van der Waals surface area contributed by atoms with Crippen molar-refractivity contribution in [2.45, 2.75) is 58.0 Å². The minimum atomic E-state index is -0.459. The number of aliphatic hydroxyl groups is 2. The molecule has 134 valence electrons. The van der Waals surface area contributed by atoms with Gasteiger partial charge in [0.2, 0.25) is 0 Å². The molecule has 2 heteroatoms. The third-order valence-electron chi connectivity index (χ3n) is 3.23. The first-order valence-corrected chi connectivity index (χ1v) is 9.03. The van der Waals surface area contributed by atoms with Crippen LogP contribution in [0.5, 0.6) is 0 Å². The van der Waals surface area contributed by atoms with Crippen LogP contribution in [0.25, 0.3) is 0 Å². The van der Waals surface area contributed by atoms with Crippen LogP contribution < -0.4 is 0 Å². The third-order valence-corrected chi connectivity index (χ3v) is 3.23. The van der Waals surface area contributed by atoms with Gasteiger partial charge >= 0.3 is 0 Å². The van der Waals surface area contributed by atoms with E-state index in [4.69, 9.17) is 5.11 Å². The maximum atomic E-state index is 9.53. The largest absolute Gasteiger partial charge is 0.396 e. The zero-order valence-electron chi connectivity index (χ0n) is 15.1. The van der Waals surface area contributed by atoms with Crippen LogP contribution in [0.15, 0.2) is 72.9 Å². The smallest absolute Gasteiger partial charge is 0.0724 e. The zero-order chi connectivity index (χ0) is 17.7. The Labute approximate surface area is 148 Å². The maximum Gasteiger partial charge on any atom is 0.0724 e. The van der Waals surface area contributed by atoms with Crippen LogP contribution in [-0.2, 0) is 0 Å². The van der Waals surface area contributed by atoms with Crippen LogP contribution in [0, 0.1) is 0 Å². The molecule has 0 spiro atoms. The van der Waals surface area contributed by atoms with Gasteiger partial charge in [0.05, 0.1) is 6.10 Å². The summed E-state index contributed by atoms with van der Waals surface area (Å²) < 4.78 is 0. The number of hydrogen-bond donors (Lipinski definition) is 2. The molecule has 2 N–H and O–H groups in total. The fourth-order valence-electron chi connectivity index (χ4n) is 1.90. The highest BCUT2D eigenvalue weighted by Crippen LogP contribution is 1.99. The molecule has 0 aliphatic carbocycles. The van der Waals surface area contributed by atoms with Crippen molar-refractivity contribution in [1.82, 2.24) is 0 Å². The molecular formula is C22H34O2. The summed E-state index contributed by atoms with van der Waals surface area (Å²) in [5.74, 6) is 0. The summed E-state index contributed by atoms with van der Waals surface area (Å²) in [6, 6.07) is 0. The molecule has 0 aliphatic heterocycles. The molecule has 24 heavy (non-hydrogen) atoms. The van der Waals surface area contributed by atoms with Gasteiger partial charge in [-0.3, -0.25) is 0 Å². The SMILES string of the molecule is CC/C=C\C/C=C\C/C=C\C/C=C\C/C=C\C=CC(O)CCCO. The molecule has 0 amide bonds. The molecule has 0 radical (unpaired) electrons. The van der Waals surface area contributed by atoms with E-state index in [-0.39, 0.29) is 6.61 Å². The highest BCUT2D eigenvalue weighted by molar-refractivity contribution is 5.07. The summed E-state index contributed by atoms with van der Waals surface area (Å²) in [4.78, 5) is 0. The summed E-state index contributed by atoms with van der Waals surface area (Å²) in [6.45, 7) is 2.28. The second-order valence-electron chi connectivity index (χ2n) is 5.48. The Balaban J connectivity index is 3.61. The van der Waals surface area contributed by atoms with E-state index >= 15 is 0 Å². The van der Waals surface area contributed by atoms with Crippen molar-refractivity contribution < 1.29 is 10.2 Å². The van der Waals surface area contributed by atoms with Crippen molar-refractivity contribution in [3.63, 3.8) is 0 Å². The molecule has 1 unspecified atom stereocenters. The standard InChI is InChI=1S/C22H34O2/c1-2-3-4-5-6-7-8-9-10-11-12-13-14-15-16-17-19-22(24)20-18-21-23/h3-4,6-7,9-10,12-13,15-17,19,22-24H,2,5,8,11,14,18,20-21H2,1H3/b4-3-,7-6-,10-9-,13-12-,16-15-,19-17?. The molecule has 0 rings (SSSR count). The average molecular weight is 331 g/mol. The Bertz CT molecular complexity index is 425. The zero-order valence-corrected chi connectivity index (χ0v) is 15.1. The Morgan fingerprint density at radius 1 is 0.708 bits per heavy atom. The Kier molecular flexibility index (Phi) is 18.1. The van der Waals surface area contributed by atoms with E-state index in [1.807, 2.05) is 12.2 Å². The molecule has 0 heterocycles. The van der Waals surface area contributed by atoms with Gasteiger partial charge in [0, 0.05) is 6.61 Å². The lowest BCUT2D eigenvalue weighted by Gasteiger charge is -2.01. The maximum absolute atomic E-state index is 9.53. The normalized spacial score (nSPS) is 14.6. The molecule has 2 nitrogen and oxygen atoms in total. The fraction of sp³-hybridized carbons (Fsp3) is 0.455. The van der Waals surface area contributed by atoms with Crippen molar-refractivity contribution >= 4 is 0 Å². The van der Waals surface area contributed by atoms with Gasteiger partial charge in [-0.05, 0) is 44.9 Å². The van der Waals surface area contributed by atoms with Gasteiger partial charge in [-0.25, -0.2) is 0 Å². The Morgan fingerprint density at radius 3 is 1.71 bits per heavy atom. The minimum Gasteiger partial charge on any atom is -0.396 e. The van der Waals surface area contributed by atoms with Gasteiger partial charge in [0.25, 0.3) is 0 Å². The predicted octanol–water partition coefficient (Wildman–Crippen LogP) is 5.43. The summed E-state index contributed by atoms with van der Waals surface area (Å²) in [5.41, 5.74) is 0. The van der Waals surface area contributed by atoms with Crippen molar-refractivity contribution in [1.29, 1.82) is 0 Å². The number of aliphatic hydroxyl groups excluding tert-OH is 2. The van der Waals surface area contributed by atoms with Crippen molar-refractivity contribution in [3.8, 4) is 0 Å². The van der Waals surface area contributed by atoms with Crippen LogP contribution in [0.2, 0.25) is 0 Å². The molecule has 0 aliphatic rings. The van der Waals surface area contributed by atoms with E-state index < -0.39 is 6.10 Å². The van der Waals surface area contributed by atoms with Gasteiger partial charge in [-0.15, -0.1) is 0 Å². The highest BCUT2D eigenvalue weighted by Gasteiger charge is 1.95. The summed E-state index contributed by atoms with van der Waals surface area (Å²) >= 11 is 0. The van der Waals surface area contributed by atoms with Gasteiger partial charge in [0.15, 0.2) is 0 Å². The van der Waals surface area contributed by atoms with E-state index in [1.54, 1.807) is 6.08 Å². The molecule has 0 aromatic heterocycles. The molecule has 0 bridgehead atoms. The first kappa shape index (κ1) is 22.4. The second kappa shape index (κ2) is 19.4. The van der Waals surface area contributed by atoms with Crippen LogP contribution in [0.1, 0.15) is 51.9 Å². The molecule has 0 saturated carbocycles. The topological polar surface area (TPSA) is 40.5 Å². The quantitative estimate of drug-likeness (QED) is 0.329. The number of allylic oxidation sites excluding steroid dienone is 11. The van der Waals surface area contributed by atoms with E-state index in [9.17, 15) is 5.11 Å². The second-order valence-corrected chi connectivity index (χ2v) is 5.48. The Morgan fingerprint density at radius 2 is 1.21 bits per heavy atom. The van der Waals surface area contributed by atoms with Crippen LogP contribution in [0.3, 0.4) is 0 Å². The molecular weight excluding hydrogens is 296 g/mol. The first-order valence-electron chi connectivity index (χ1n) is 9.03. The molecule has 1 atom stereocenters.